The van der Waals surface area contributed by atoms with Gasteiger partial charge in [-0.05, 0) is 32.1 Å². The summed E-state index contributed by atoms with van der Waals surface area (Å²) in [5.74, 6) is 1.18. The summed E-state index contributed by atoms with van der Waals surface area (Å²) in [6.45, 7) is 4.81. The quantitative estimate of drug-likeness (QED) is 0.565. The average Bonchev–Trinajstić information content (AvgIpc) is 2.27. The van der Waals surface area contributed by atoms with Gasteiger partial charge in [0.2, 0.25) is 0 Å². The second-order valence-electron chi connectivity index (χ2n) is 3.92. The van der Waals surface area contributed by atoms with Crippen molar-refractivity contribution >= 4 is 5.78 Å². The van der Waals surface area contributed by atoms with Gasteiger partial charge in [0, 0.05) is 0 Å². The van der Waals surface area contributed by atoms with Gasteiger partial charge in [0.25, 0.3) is 0 Å². The third kappa shape index (κ3) is 2.08. The number of hydrogen-bond donors (Lipinski definition) is 0. The van der Waals surface area contributed by atoms with Crippen molar-refractivity contribution in [2.75, 3.05) is 13.2 Å². The van der Waals surface area contributed by atoms with Crippen molar-refractivity contribution in [1.29, 1.82) is 0 Å². The Morgan fingerprint density at radius 2 is 2.00 bits per heavy atom. The van der Waals surface area contributed by atoms with E-state index >= 15 is 0 Å². The maximum atomic E-state index is 11.9. The highest BCUT2D eigenvalue weighted by atomic mass is 16.6. The zero-order valence-electron chi connectivity index (χ0n) is 9.45. The second-order valence-corrected chi connectivity index (χ2v) is 3.92. The van der Waals surface area contributed by atoms with E-state index < -0.39 is 0 Å². The summed E-state index contributed by atoms with van der Waals surface area (Å²) in [5.41, 5.74) is 1.54. The Labute approximate surface area is 94.7 Å². The maximum Gasteiger partial charge on any atom is 0.189 e. The van der Waals surface area contributed by atoms with E-state index in [1.807, 2.05) is 19.9 Å². The van der Waals surface area contributed by atoms with Crippen LogP contribution in [-0.2, 0) is 0 Å². The first-order chi connectivity index (χ1) is 7.68. The van der Waals surface area contributed by atoms with Gasteiger partial charge in [0.1, 0.15) is 13.2 Å². The van der Waals surface area contributed by atoms with Crippen molar-refractivity contribution in [3.8, 4) is 11.5 Å². The molecule has 0 aromatic heterocycles. The lowest BCUT2D eigenvalue weighted by Crippen LogP contribution is -2.17. The molecular formula is C13H14O3. The van der Waals surface area contributed by atoms with E-state index in [1.165, 1.54) is 0 Å². The topological polar surface area (TPSA) is 35.5 Å². The van der Waals surface area contributed by atoms with Gasteiger partial charge in [-0.1, -0.05) is 11.6 Å². The number of carbonyl (C=O) groups is 1. The van der Waals surface area contributed by atoms with Gasteiger partial charge in [-0.25, -0.2) is 0 Å². The molecule has 3 heteroatoms. The lowest BCUT2D eigenvalue weighted by atomic mass is 10.1. The van der Waals surface area contributed by atoms with Gasteiger partial charge in [-0.15, -0.1) is 0 Å². The number of hydrogen-bond acceptors (Lipinski definition) is 3. The molecule has 0 saturated carbocycles. The van der Waals surface area contributed by atoms with Crippen LogP contribution in [0.2, 0.25) is 0 Å². The van der Waals surface area contributed by atoms with Crippen LogP contribution in [-0.4, -0.2) is 19.0 Å². The zero-order chi connectivity index (χ0) is 11.5. The van der Waals surface area contributed by atoms with Crippen molar-refractivity contribution in [2.45, 2.75) is 13.8 Å². The van der Waals surface area contributed by atoms with Crippen LogP contribution in [0.25, 0.3) is 0 Å². The van der Waals surface area contributed by atoms with Crippen LogP contribution in [0.1, 0.15) is 24.2 Å². The molecule has 2 rings (SSSR count). The molecule has 0 fully saturated rings. The molecule has 1 aromatic rings. The maximum absolute atomic E-state index is 11.9. The lowest BCUT2D eigenvalue weighted by Gasteiger charge is -2.19. The minimum absolute atomic E-state index is 0.0395. The molecule has 0 atom stereocenters. The number of rotatable bonds is 2. The van der Waals surface area contributed by atoms with E-state index in [1.54, 1.807) is 18.2 Å². The van der Waals surface area contributed by atoms with Crippen molar-refractivity contribution < 1.29 is 14.3 Å². The summed E-state index contributed by atoms with van der Waals surface area (Å²) < 4.78 is 10.9. The molecule has 84 valence electrons. The van der Waals surface area contributed by atoms with Crippen LogP contribution >= 0.6 is 0 Å². The fourth-order valence-electron chi connectivity index (χ4n) is 1.61. The van der Waals surface area contributed by atoms with Crippen LogP contribution in [0.4, 0.5) is 0 Å². The average molecular weight is 218 g/mol. The standard InChI is InChI=1S/C13H14O3/c1-9(2)8-11(14)10-4-3-5-12-13(10)16-7-6-15-12/h3-5,8H,6-7H2,1-2H3. The summed E-state index contributed by atoms with van der Waals surface area (Å²) in [7, 11) is 0. The van der Waals surface area contributed by atoms with Gasteiger partial charge in [0.15, 0.2) is 17.3 Å². The van der Waals surface area contributed by atoms with Gasteiger partial charge < -0.3 is 9.47 Å². The molecule has 16 heavy (non-hydrogen) atoms. The fraction of sp³-hybridized carbons (Fsp3) is 0.308. The molecule has 0 bridgehead atoms. The first kappa shape index (κ1) is 10.7. The molecule has 0 aliphatic carbocycles. The number of carbonyl (C=O) groups excluding carboxylic acids is 1. The minimum atomic E-state index is -0.0395. The highest BCUT2D eigenvalue weighted by molar-refractivity contribution is 6.07. The number of ketones is 1. The Morgan fingerprint density at radius 3 is 2.75 bits per heavy atom. The van der Waals surface area contributed by atoms with Crippen molar-refractivity contribution in [1.82, 2.24) is 0 Å². The summed E-state index contributed by atoms with van der Waals surface area (Å²) in [6, 6.07) is 5.38. The Bertz CT molecular complexity index is 442. The number of benzene rings is 1. The molecule has 1 aliphatic heterocycles. The van der Waals surface area contributed by atoms with Gasteiger partial charge in [-0.2, -0.15) is 0 Å². The smallest absolute Gasteiger partial charge is 0.189 e. The van der Waals surface area contributed by atoms with E-state index in [0.29, 0.717) is 30.3 Å². The van der Waals surface area contributed by atoms with E-state index in [2.05, 4.69) is 0 Å². The largest absolute Gasteiger partial charge is 0.486 e. The van der Waals surface area contributed by atoms with Gasteiger partial charge >= 0.3 is 0 Å². The SMILES string of the molecule is CC(C)=CC(=O)c1cccc2c1OCCO2. The van der Waals surface area contributed by atoms with Crippen molar-refractivity contribution in [3.63, 3.8) is 0 Å². The normalized spacial score (nSPS) is 13.1. The first-order valence-corrected chi connectivity index (χ1v) is 5.26. The molecule has 1 aromatic carbocycles. The molecule has 0 radical (unpaired) electrons. The molecule has 0 N–H and O–H groups in total. The third-order valence-electron chi connectivity index (χ3n) is 2.25. The molecule has 0 unspecified atom stereocenters. The predicted molar refractivity (Wildman–Crippen MR) is 61.2 cm³/mol. The fourth-order valence-corrected chi connectivity index (χ4v) is 1.61. The van der Waals surface area contributed by atoms with Crippen molar-refractivity contribution in [2.24, 2.45) is 0 Å². The Hall–Kier alpha value is -1.77. The van der Waals surface area contributed by atoms with E-state index in [4.69, 9.17) is 9.47 Å². The minimum Gasteiger partial charge on any atom is -0.486 e. The number of ether oxygens (including phenoxy) is 2. The molecular weight excluding hydrogens is 204 g/mol. The zero-order valence-corrected chi connectivity index (χ0v) is 9.45. The van der Waals surface area contributed by atoms with Crippen LogP contribution in [0.3, 0.4) is 0 Å². The number of fused-ring (bicyclic) bond motifs is 1. The van der Waals surface area contributed by atoms with Gasteiger partial charge in [-0.3, -0.25) is 4.79 Å². The molecule has 1 aliphatic rings. The summed E-state index contributed by atoms with van der Waals surface area (Å²) in [6.07, 6.45) is 1.60. The van der Waals surface area contributed by atoms with E-state index in [-0.39, 0.29) is 5.78 Å². The number of para-hydroxylation sites is 1. The highest BCUT2D eigenvalue weighted by Crippen LogP contribution is 2.33. The second kappa shape index (κ2) is 4.39. The first-order valence-electron chi connectivity index (χ1n) is 5.26. The van der Waals surface area contributed by atoms with Crippen LogP contribution < -0.4 is 9.47 Å². The lowest BCUT2D eigenvalue weighted by molar-refractivity contribution is 0.103. The molecule has 0 amide bonds. The van der Waals surface area contributed by atoms with E-state index in [9.17, 15) is 4.79 Å². The van der Waals surface area contributed by atoms with Gasteiger partial charge in [0.05, 0.1) is 5.56 Å². The highest BCUT2D eigenvalue weighted by Gasteiger charge is 2.18. The van der Waals surface area contributed by atoms with Crippen LogP contribution in [0.5, 0.6) is 11.5 Å². The predicted octanol–water partition coefficient (Wildman–Crippen LogP) is 2.61. The molecule has 0 saturated heterocycles. The van der Waals surface area contributed by atoms with E-state index in [0.717, 1.165) is 5.57 Å². The molecule has 1 heterocycles. The Morgan fingerprint density at radius 1 is 1.25 bits per heavy atom. The summed E-state index contributed by atoms with van der Waals surface area (Å²) in [5, 5.41) is 0. The monoisotopic (exact) mass is 218 g/mol. The third-order valence-corrected chi connectivity index (χ3v) is 2.25. The molecule has 0 spiro atoms. The summed E-state index contributed by atoms with van der Waals surface area (Å²) in [4.78, 5) is 11.9. The van der Waals surface area contributed by atoms with Crippen LogP contribution in [0, 0.1) is 0 Å². The van der Waals surface area contributed by atoms with Crippen LogP contribution in [0.15, 0.2) is 29.8 Å². The Balaban J connectivity index is 2.41. The van der Waals surface area contributed by atoms with Crippen molar-refractivity contribution in [3.05, 3.63) is 35.4 Å². The Kier molecular flexibility index (Phi) is 2.95. The summed E-state index contributed by atoms with van der Waals surface area (Å²) >= 11 is 0. The molecule has 3 nitrogen and oxygen atoms in total. The number of allylic oxidation sites excluding steroid dienone is 2.